The number of carbonyl (C=O) groups is 1. The lowest BCUT2D eigenvalue weighted by atomic mass is 10.2. The number of carbonyl (C=O) groups excluding carboxylic acids is 1. The van der Waals surface area contributed by atoms with Crippen molar-refractivity contribution in [2.45, 2.75) is 0 Å². The van der Waals surface area contributed by atoms with Gasteiger partial charge in [0.1, 0.15) is 0 Å². The van der Waals surface area contributed by atoms with Gasteiger partial charge < -0.3 is 23.9 Å². The van der Waals surface area contributed by atoms with E-state index in [0.29, 0.717) is 28.5 Å². The summed E-state index contributed by atoms with van der Waals surface area (Å²) in [5, 5.41) is 3.57. The number of nitrogens with one attached hydrogen (secondary N) is 1. The topological polar surface area (TPSA) is 69.9 Å². The fourth-order valence-corrected chi connectivity index (χ4v) is 2.42. The molecule has 2 aromatic carbocycles. The minimum atomic E-state index is -0.361. The molecule has 0 atom stereocenters. The van der Waals surface area contributed by atoms with Crippen molar-refractivity contribution >= 4 is 22.6 Å². The van der Waals surface area contributed by atoms with Crippen LogP contribution < -0.4 is 19.5 Å². The van der Waals surface area contributed by atoms with Crippen LogP contribution in [0.2, 0.25) is 0 Å². The maximum Gasteiger partial charge on any atom is 0.291 e. The number of benzene rings is 2. The molecular formula is C18H17NO5. The highest BCUT2D eigenvalue weighted by molar-refractivity contribution is 6.05. The number of hydrogen-bond acceptors (Lipinski definition) is 5. The lowest BCUT2D eigenvalue weighted by molar-refractivity contribution is 0.0998. The second kappa shape index (κ2) is 6.54. The lowest BCUT2D eigenvalue weighted by Crippen LogP contribution is -2.10. The summed E-state index contributed by atoms with van der Waals surface area (Å²) in [4.78, 5) is 12.4. The quantitative estimate of drug-likeness (QED) is 0.773. The van der Waals surface area contributed by atoms with E-state index in [4.69, 9.17) is 18.6 Å². The van der Waals surface area contributed by atoms with E-state index in [0.717, 1.165) is 5.39 Å². The lowest BCUT2D eigenvalue weighted by Gasteiger charge is -2.09. The van der Waals surface area contributed by atoms with Crippen LogP contribution in [0.1, 0.15) is 10.6 Å². The van der Waals surface area contributed by atoms with Gasteiger partial charge in [-0.1, -0.05) is 12.1 Å². The molecule has 124 valence electrons. The monoisotopic (exact) mass is 327 g/mol. The van der Waals surface area contributed by atoms with Crippen molar-refractivity contribution < 1.29 is 23.4 Å². The Hall–Kier alpha value is -3.15. The molecule has 1 aromatic heterocycles. The van der Waals surface area contributed by atoms with Crippen LogP contribution in [0.15, 0.2) is 46.9 Å². The first-order valence-electron chi connectivity index (χ1n) is 7.26. The smallest absolute Gasteiger partial charge is 0.291 e. The number of furan rings is 1. The van der Waals surface area contributed by atoms with Gasteiger partial charge in [-0.15, -0.1) is 0 Å². The van der Waals surface area contributed by atoms with Gasteiger partial charge in [0.25, 0.3) is 5.91 Å². The van der Waals surface area contributed by atoms with Crippen LogP contribution in [-0.2, 0) is 0 Å². The minimum Gasteiger partial charge on any atom is -0.493 e. The molecule has 0 spiro atoms. The zero-order valence-corrected chi connectivity index (χ0v) is 13.6. The van der Waals surface area contributed by atoms with Crippen molar-refractivity contribution in [3.8, 4) is 17.2 Å². The van der Waals surface area contributed by atoms with Gasteiger partial charge in [-0.2, -0.15) is 0 Å². The predicted octanol–water partition coefficient (Wildman–Crippen LogP) is 3.71. The second-order valence-corrected chi connectivity index (χ2v) is 5.01. The number of para-hydroxylation sites is 1. The third-order valence-electron chi connectivity index (χ3n) is 3.59. The van der Waals surface area contributed by atoms with E-state index in [9.17, 15) is 4.79 Å². The average molecular weight is 327 g/mol. The third kappa shape index (κ3) is 2.86. The molecule has 24 heavy (non-hydrogen) atoms. The van der Waals surface area contributed by atoms with E-state index in [-0.39, 0.29) is 11.7 Å². The van der Waals surface area contributed by atoms with E-state index in [1.54, 1.807) is 44.6 Å². The van der Waals surface area contributed by atoms with Gasteiger partial charge in [0, 0.05) is 17.1 Å². The molecule has 0 aliphatic heterocycles. The molecule has 1 N–H and O–H groups in total. The predicted molar refractivity (Wildman–Crippen MR) is 90.3 cm³/mol. The van der Waals surface area contributed by atoms with Crippen LogP contribution in [0.3, 0.4) is 0 Å². The van der Waals surface area contributed by atoms with Crippen molar-refractivity contribution in [1.29, 1.82) is 0 Å². The average Bonchev–Trinajstić information content (AvgIpc) is 3.06. The summed E-state index contributed by atoms with van der Waals surface area (Å²) in [5.74, 6) is 1.54. The van der Waals surface area contributed by atoms with Crippen LogP contribution >= 0.6 is 0 Å². The Balaban J connectivity index is 1.87. The van der Waals surface area contributed by atoms with E-state index in [1.165, 1.54) is 7.11 Å². The number of ether oxygens (including phenoxy) is 3. The van der Waals surface area contributed by atoms with Gasteiger partial charge >= 0.3 is 0 Å². The van der Waals surface area contributed by atoms with E-state index in [2.05, 4.69) is 5.32 Å². The maximum absolute atomic E-state index is 12.4. The Morgan fingerprint density at radius 3 is 2.38 bits per heavy atom. The third-order valence-corrected chi connectivity index (χ3v) is 3.59. The summed E-state index contributed by atoms with van der Waals surface area (Å²) in [5.41, 5.74) is 1.11. The molecule has 0 saturated heterocycles. The molecule has 0 aliphatic carbocycles. The zero-order chi connectivity index (χ0) is 17.1. The molecular weight excluding hydrogens is 310 g/mol. The van der Waals surface area contributed by atoms with Gasteiger partial charge in [-0.3, -0.25) is 4.79 Å². The SMILES string of the molecule is COc1ccc(NC(=O)c2cc3cccc(OC)c3o2)cc1OC. The highest BCUT2D eigenvalue weighted by Gasteiger charge is 2.15. The van der Waals surface area contributed by atoms with Crippen LogP contribution in [0, 0.1) is 0 Å². The number of hydrogen-bond donors (Lipinski definition) is 1. The minimum absolute atomic E-state index is 0.198. The van der Waals surface area contributed by atoms with Gasteiger partial charge in [0.05, 0.1) is 21.3 Å². The van der Waals surface area contributed by atoms with E-state index >= 15 is 0 Å². The number of rotatable bonds is 5. The van der Waals surface area contributed by atoms with Crippen molar-refractivity contribution in [3.05, 3.63) is 48.2 Å². The Morgan fingerprint density at radius 2 is 1.67 bits per heavy atom. The molecule has 0 saturated carbocycles. The molecule has 0 fully saturated rings. The van der Waals surface area contributed by atoms with E-state index in [1.807, 2.05) is 12.1 Å². The van der Waals surface area contributed by atoms with Crippen molar-refractivity contribution in [2.75, 3.05) is 26.6 Å². The molecule has 0 bridgehead atoms. The highest BCUT2D eigenvalue weighted by atomic mass is 16.5. The first kappa shape index (κ1) is 15.7. The van der Waals surface area contributed by atoms with Crippen LogP contribution in [-0.4, -0.2) is 27.2 Å². The van der Waals surface area contributed by atoms with Gasteiger partial charge in [0.2, 0.25) is 0 Å². The Morgan fingerprint density at radius 1 is 0.917 bits per heavy atom. The fraction of sp³-hybridized carbons (Fsp3) is 0.167. The number of amides is 1. The highest BCUT2D eigenvalue weighted by Crippen LogP contribution is 2.31. The molecule has 1 heterocycles. The summed E-state index contributed by atoms with van der Waals surface area (Å²) in [6, 6.07) is 12.3. The summed E-state index contributed by atoms with van der Waals surface area (Å²) < 4.78 is 21.3. The number of fused-ring (bicyclic) bond motifs is 1. The van der Waals surface area contributed by atoms with Gasteiger partial charge in [-0.05, 0) is 24.3 Å². The maximum atomic E-state index is 12.4. The summed E-state index contributed by atoms with van der Waals surface area (Å²) in [6.07, 6.45) is 0. The first-order valence-corrected chi connectivity index (χ1v) is 7.26. The van der Waals surface area contributed by atoms with Crippen LogP contribution in [0.25, 0.3) is 11.0 Å². The standard InChI is InChI=1S/C18H17NO5/c1-21-13-8-7-12(10-15(13)23-3)19-18(20)16-9-11-5-4-6-14(22-2)17(11)24-16/h4-10H,1-3H3,(H,19,20). The molecule has 0 unspecified atom stereocenters. The summed E-state index contributed by atoms with van der Waals surface area (Å²) >= 11 is 0. The second-order valence-electron chi connectivity index (χ2n) is 5.01. The molecule has 0 radical (unpaired) electrons. The van der Waals surface area contributed by atoms with Crippen LogP contribution in [0.4, 0.5) is 5.69 Å². The number of anilines is 1. The first-order chi connectivity index (χ1) is 11.7. The number of methoxy groups -OCH3 is 3. The molecule has 6 heteroatoms. The summed E-state index contributed by atoms with van der Waals surface area (Å²) in [6.45, 7) is 0. The molecule has 0 aliphatic rings. The molecule has 3 aromatic rings. The Bertz CT molecular complexity index is 884. The zero-order valence-electron chi connectivity index (χ0n) is 13.6. The van der Waals surface area contributed by atoms with Crippen molar-refractivity contribution in [2.24, 2.45) is 0 Å². The fourth-order valence-electron chi connectivity index (χ4n) is 2.42. The normalized spacial score (nSPS) is 10.5. The van der Waals surface area contributed by atoms with Gasteiger partial charge in [0.15, 0.2) is 28.6 Å². The van der Waals surface area contributed by atoms with Gasteiger partial charge in [-0.25, -0.2) is 0 Å². The van der Waals surface area contributed by atoms with Crippen molar-refractivity contribution in [3.63, 3.8) is 0 Å². The Labute approximate surface area is 138 Å². The largest absolute Gasteiger partial charge is 0.493 e. The van der Waals surface area contributed by atoms with Crippen molar-refractivity contribution in [1.82, 2.24) is 0 Å². The molecule has 1 amide bonds. The molecule has 3 rings (SSSR count). The van der Waals surface area contributed by atoms with Crippen LogP contribution in [0.5, 0.6) is 17.2 Å². The molecule has 6 nitrogen and oxygen atoms in total. The van der Waals surface area contributed by atoms with E-state index < -0.39 is 0 Å². The Kier molecular flexibility index (Phi) is 4.29. The summed E-state index contributed by atoms with van der Waals surface area (Å²) in [7, 11) is 4.65.